The summed E-state index contributed by atoms with van der Waals surface area (Å²) >= 11 is 9.83. The number of nitrogens with zero attached hydrogens (tertiary/aromatic N) is 3. The molecule has 0 N–H and O–H groups in total. The maximum Gasteiger partial charge on any atom is 0.340 e. The zero-order valence-electron chi connectivity index (χ0n) is 15.0. The van der Waals surface area contributed by atoms with Crippen molar-refractivity contribution in [2.75, 3.05) is 6.61 Å². The summed E-state index contributed by atoms with van der Waals surface area (Å²) in [5.41, 5.74) is 2.32. The van der Waals surface area contributed by atoms with Crippen molar-refractivity contribution in [3.63, 3.8) is 0 Å². The van der Waals surface area contributed by atoms with Gasteiger partial charge in [-0.05, 0) is 44.2 Å². The third-order valence-electron chi connectivity index (χ3n) is 4.40. The number of ether oxygens (including phenoxy) is 1. The number of rotatable bonds is 3. The van der Waals surface area contributed by atoms with Crippen LogP contribution < -0.4 is 0 Å². The molecule has 0 unspecified atom stereocenters. The summed E-state index contributed by atoms with van der Waals surface area (Å²) in [4.78, 5) is 21.1. The third-order valence-corrected chi connectivity index (χ3v) is 5.17. The van der Waals surface area contributed by atoms with Crippen LogP contribution in [0.2, 0.25) is 5.02 Å². The van der Waals surface area contributed by atoms with Crippen molar-refractivity contribution in [2.24, 2.45) is 0 Å². The van der Waals surface area contributed by atoms with Gasteiger partial charge in [-0.1, -0.05) is 27.5 Å². The minimum Gasteiger partial charge on any atom is -0.462 e. The lowest BCUT2D eigenvalue weighted by Crippen LogP contribution is -2.06. The number of fused-ring (bicyclic) bond motifs is 2. The van der Waals surface area contributed by atoms with E-state index in [1.54, 1.807) is 19.1 Å². The molecule has 0 aliphatic carbocycles. The second kappa shape index (κ2) is 7.14. The molecular formula is C20H14BrClFN3O2. The normalized spacial score (nSPS) is 11.3. The monoisotopic (exact) mass is 461 g/mol. The van der Waals surface area contributed by atoms with Gasteiger partial charge in [0.05, 0.1) is 28.4 Å². The second-order valence-corrected chi connectivity index (χ2v) is 7.44. The summed E-state index contributed by atoms with van der Waals surface area (Å²) in [5, 5.41) is 0.852. The Morgan fingerprint density at radius 3 is 2.82 bits per heavy atom. The maximum absolute atomic E-state index is 14.3. The van der Waals surface area contributed by atoms with Crippen molar-refractivity contribution >= 4 is 55.4 Å². The van der Waals surface area contributed by atoms with Gasteiger partial charge in [-0.15, -0.1) is 0 Å². The predicted octanol–water partition coefficient (Wildman–Crippen LogP) is 5.61. The fraction of sp³-hybridized carbons (Fsp3) is 0.150. The highest BCUT2D eigenvalue weighted by molar-refractivity contribution is 9.10. The predicted molar refractivity (Wildman–Crippen MR) is 110 cm³/mol. The molecule has 0 saturated carbocycles. The van der Waals surface area contributed by atoms with E-state index in [1.165, 1.54) is 18.3 Å². The first-order valence-electron chi connectivity index (χ1n) is 8.51. The van der Waals surface area contributed by atoms with Crippen LogP contribution >= 0.6 is 27.5 Å². The topological polar surface area (TPSA) is 57.0 Å². The van der Waals surface area contributed by atoms with Gasteiger partial charge in [0, 0.05) is 16.1 Å². The first kappa shape index (κ1) is 18.8. The van der Waals surface area contributed by atoms with Crippen molar-refractivity contribution in [2.45, 2.75) is 13.8 Å². The molecule has 0 saturated heterocycles. The van der Waals surface area contributed by atoms with E-state index < -0.39 is 11.8 Å². The fourth-order valence-electron chi connectivity index (χ4n) is 3.29. The van der Waals surface area contributed by atoms with Crippen molar-refractivity contribution in [3.05, 3.63) is 63.2 Å². The molecule has 0 atom stereocenters. The van der Waals surface area contributed by atoms with Gasteiger partial charge in [0.1, 0.15) is 22.7 Å². The van der Waals surface area contributed by atoms with E-state index in [0.717, 1.165) is 0 Å². The Morgan fingerprint density at radius 1 is 1.29 bits per heavy atom. The Balaban J connectivity index is 2.09. The highest BCUT2D eigenvalue weighted by Crippen LogP contribution is 2.34. The number of benzene rings is 2. The van der Waals surface area contributed by atoms with Gasteiger partial charge >= 0.3 is 5.97 Å². The first-order valence-corrected chi connectivity index (χ1v) is 9.68. The Kier molecular flexibility index (Phi) is 4.81. The van der Waals surface area contributed by atoms with Crippen molar-refractivity contribution in [1.29, 1.82) is 0 Å². The van der Waals surface area contributed by atoms with E-state index >= 15 is 0 Å². The van der Waals surface area contributed by atoms with Crippen LogP contribution in [0.1, 0.15) is 23.1 Å². The number of esters is 1. The molecule has 0 bridgehead atoms. The summed E-state index contributed by atoms with van der Waals surface area (Å²) in [6.07, 6.45) is 1.52. The lowest BCUT2D eigenvalue weighted by Gasteiger charge is -2.12. The molecule has 4 rings (SSSR count). The Morgan fingerprint density at radius 2 is 2.07 bits per heavy atom. The van der Waals surface area contributed by atoms with E-state index in [0.29, 0.717) is 43.0 Å². The van der Waals surface area contributed by atoms with Crippen LogP contribution in [0.25, 0.3) is 27.6 Å². The molecule has 2 aromatic carbocycles. The van der Waals surface area contributed by atoms with E-state index in [4.69, 9.17) is 16.3 Å². The molecular weight excluding hydrogens is 449 g/mol. The summed E-state index contributed by atoms with van der Waals surface area (Å²) in [6, 6.07) is 8.05. The molecule has 8 heteroatoms. The van der Waals surface area contributed by atoms with Crippen molar-refractivity contribution in [1.82, 2.24) is 14.5 Å². The third kappa shape index (κ3) is 2.95. The van der Waals surface area contributed by atoms with Crippen LogP contribution in [0.15, 0.2) is 41.0 Å². The van der Waals surface area contributed by atoms with Crippen LogP contribution in [0.3, 0.4) is 0 Å². The van der Waals surface area contributed by atoms with Crippen LogP contribution in [0.5, 0.6) is 0 Å². The second-order valence-electron chi connectivity index (χ2n) is 6.12. The molecule has 2 heterocycles. The number of carbonyl (C=O) groups excluding carboxylic acids is 1. The highest BCUT2D eigenvalue weighted by Gasteiger charge is 2.21. The minimum absolute atomic E-state index is 0.173. The number of halogens is 3. The molecule has 28 heavy (non-hydrogen) atoms. The van der Waals surface area contributed by atoms with E-state index in [2.05, 4.69) is 25.9 Å². The molecule has 0 radical (unpaired) electrons. The summed E-state index contributed by atoms with van der Waals surface area (Å²) in [6.45, 7) is 3.81. The van der Waals surface area contributed by atoms with Gasteiger partial charge in [-0.25, -0.2) is 14.2 Å². The average Bonchev–Trinajstić information content (AvgIpc) is 2.99. The summed E-state index contributed by atoms with van der Waals surface area (Å²) < 4.78 is 22.0. The Hall–Kier alpha value is -2.51. The Bertz CT molecular complexity index is 1260. The van der Waals surface area contributed by atoms with Crippen molar-refractivity contribution in [3.8, 4) is 5.69 Å². The van der Waals surface area contributed by atoms with E-state index in [1.807, 2.05) is 17.6 Å². The molecule has 4 aromatic rings. The van der Waals surface area contributed by atoms with Crippen LogP contribution in [0.4, 0.5) is 4.39 Å². The molecule has 5 nitrogen and oxygen atoms in total. The summed E-state index contributed by atoms with van der Waals surface area (Å²) in [7, 11) is 0. The zero-order chi connectivity index (χ0) is 20.0. The lowest BCUT2D eigenvalue weighted by atomic mass is 10.1. The van der Waals surface area contributed by atoms with Gasteiger partial charge in [0.15, 0.2) is 0 Å². The van der Waals surface area contributed by atoms with Crippen LogP contribution in [0, 0.1) is 12.7 Å². The molecule has 142 valence electrons. The minimum atomic E-state index is -0.461. The summed E-state index contributed by atoms with van der Waals surface area (Å²) in [5.74, 6) is -0.301. The molecule has 0 fully saturated rings. The average molecular weight is 463 g/mol. The van der Waals surface area contributed by atoms with Crippen LogP contribution in [-0.2, 0) is 4.74 Å². The van der Waals surface area contributed by atoms with Crippen molar-refractivity contribution < 1.29 is 13.9 Å². The number of hydrogen-bond donors (Lipinski definition) is 0. The number of carbonyl (C=O) groups is 1. The molecule has 0 aliphatic heterocycles. The zero-order valence-corrected chi connectivity index (χ0v) is 17.3. The number of pyridine rings is 1. The largest absolute Gasteiger partial charge is 0.462 e. The van der Waals surface area contributed by atoms with Gasteiger partial charge in [0.25, 0.3) is 0 Å². The van der Waals surface area contributed by atoms with E-state index in [-0.39, 0.29) is 12.1 Å². The number of aromatic nitrogens is 3. The van der Waals surface area contributed by atoms with Crippen LogP contribution in [-0.4, -0.2) is 27.1 Å². The van der Waals surface area contributed by atoms with E-state index in [9.17, 15) is 9.18 Å². The number of imidazole rings is 1. The number of hydrogen-bond acceptors (Lipinski definition) is 4. The molecule has 2 aromatic heterocycles. The maximum atomic E-state index is 14.3. The lowest BCUT2D eigenvalue weighted by molar-refractivity contribution is 0.0528. The van der Waals surface area contributed by atoms with Gasteiger partial charge < -0.3 is 4.74 Å². The highest BCUT2D eigenvalue weighted by atomic mass is 79.9. The smallest absolute Gasteiger partial charge is 0.340 e. The SMILES string of the molecule is CCOC(=O)c1cc(Br)cc2c1nc(C)n2-c1ccnc2c(F)ccc(Cl)c12. The molecule has 0 spiro atoms. The molecule has 0 aliphatic rings. The van der Waals surface area contributed by atoms with Gasteiger partial charge in [-0.3, -0.25) is 9.55 Å². The quantitative estimate of drug-likeness (QED) is 0.371. The van der Waals surface area contributed by atoms with Gasteiger partial charge in [-0.2, -0.15) is 0 Å². The number of aryl methyl sites for hydroxylation is 1. The fourth-order valence-corrected chi connectivity index (χ4v) is 3.99. The molecule has 0 amide bonds. The first-order chi connectivity index (χ1) is 13.4. The Labute approximate surface area is 173 Å². The standard InChI is InChI=1S/C20H14BrClFN3O2/c1-3-28-20(27)12-8-11(21)9-16-18(12)25-10(2)26(16)15-6-7-24-19-14(23)5-4-13(22)17(15)19/h4-9H,3H2,1-2H3. The van der Waals surface area contributed by atoms with Gasteiger partial charge in [0.2, 0.25) is 0 Å².